The summed E-state index contributed by atoms with van der Waals surface area (Å²) in [6, 6.07) is 3.37. The highest BCUT2D eigenvalue weighted by Crippen LogP contribution is 2.34. The zero-order valence-corrected chi connectivity index (χ0v) is 19.6. The molecule has 0 bridgehead atoms. The van der Waals surface area contributed by atoms with Crippen molar-refractivity contribution in [1.82, 2.24) is 14.9 Å². The number of fused-ring (bicyclic) bond motifs is 1. The molecule has 9 heteroatoms. The highest BCUT2D eigenvalue weighted by Gasteiger charge is 2.22. The number of nitrogens with zero attached hydrogens (tertiary/aromatic N) is 3. The highest BCUT2D eigenvalue weighted by atomic mass is 19.1. The zero-order chi connectivity index (χ0) is 24.2. The maximum atomic E-state index is 14.9. The van der Waals surface area contributed by atoms with Crippen LogP contribution in [-0.4, -0.2) is 61.5 Å². The summed E-state index contributed by atoms with van der Waals surface area (Å²) in [4.78, 5) is 14.6. The quantitative estimate of drug-likeness (QED) is 0.512. The Morgan fingerprint density at radius 2 is 1.88 bits per heavy atom. The molecule has 0 unspecified atom stereocenters. The third-order valence-electron chi connectivity index (χ3n) is 6.27. The minimum atomic E-state index is -0.757. The molecule has 180 valence electrons. The Bertz CT molecular complexity index is 1200. The fourth-order valence-corrected chi connectivity index (χ4v) is 4.19. The number of hydrogen-bond acceptors (Lipinski definition) is 6. The number of allylic oxidation sites excluding steroid dienone is 1. The topological polar surface area (TPSA) is 88.8 Å². The standard InChI is InChI=1S/C25H29F2N5O2/c1-32-6-4-18(5-7-32)29-14-17(11-28)15-8-19-16(13-31-25(19)30-12-15)9-20-23(26)21(33-2)10-22(34-3)24(20)27/h8,10-14,18H,4-7,9,28H2,1-3H3,(H,30,31). The van der Waals surface area contributed by atoms with E-state index in [9.17, 15) is 8.78 Å². The second-order valence-electron chi connectivity index (χ2n) is 8.43. The molecule has 0 saturated carbocycles. The molecule has 2 aromatic heterocycles. The lowest BCUT2D eigenvalue weighted by molar-refractivity contribution is 0.257. The molecule has 4 rings (SSSR count). The molecule has 0 radical (unpaired) electrons. The van der Waals surface area contributed by atoms with Gasteiger partial charge in [0.15, 0.2) is 23.1 Å². The van der Waals surface area contributed by atoms with Crippen LogP contribution in [0.5, 0.6) is 11.5 Å². The summed E-state index contributed by atoms with van der Waals surface area (Å²) >= 11 is 0. The van der Waals surface area contributed by atoms with E-state index in [2.05, 4.69) is 21.9 Å². The van der Waals surface area contributed by atoms with Crippen molar-refractivity contribution in [3.05, 3.63) is 59.1 Å². The van der Waals surface area contributed by atoms with E-state index >= 15 is 0 Å². The summed E-state index contributed by atoms with van der Waals surface area (Å²) in [6.07, 6.45) is 8.69. The van der Waals surface area contributed by atoms with E-state index in [0.717, 1.165) is 42.5 Å². The van der Waals surface area contributed by atoms with Gasteiger partial charge in [0.1, 0.15) is 5.65 Å². The molecule has 3 N–H and O–H groups in total. The first kappa shape index (κ1) is 23.7. The van der Waals surface area contributed by atoms with Gasteiger partial charge in [0, 0.05) is 59.4 Å². The summed E-state index contributed by atoms with van der Waals surface area (Å²) in [5.74, 6) is -1.67. The lowest BCUT2D eigenvalue weighted by Crippen LogP contribution is -2.32. The summed E-state index contributed by atoms with van der Waals surface area (Å²) in [5, 5.41) is 0.741. The number of nitrogens with two attached hydrogens (primary N) is 1. The predicted molar refractivity (Wildman–Crippen MR) is 130 cm³/mol. The van der Waals surface area contributed by atoms with Crippen molar-refractivity contribution in [2.45, 2.75) is 25.3 Å². The lowest BCUT2D eigenvalue weighted by Gasteiger charge is -2.26. The summed E-state index contributed by atoms with van der Waals surface area (Å²) in [6.45, 7) is 2.04. The van der Waals surface area contributed by atoms with Crippen LogP contribution < -0.4 is 15.2 Å². The Balaban J connectivity index is 1.65. The molecule has 0 atom stereocenters. The van der Waals surface area contributed by atoms with E-state index in [1.807, 2.05) is 6.07 Å². The van der Waals surface area contributed by atoms with Crippen LogP contribution >= 0.6 is 0 Å². The first-order valence-corrected chi connectivity index (χ1v) is 11.1. The van der Waals surface area contributed by atoms with Crippen molar-refractivity contribution < 1.29 is 18.3 Å². The van der Waals surface area contributed by atoms with Crippen molar-refractivity contribution in [1.29, 1.82) is 0 Å². The van der Waals surface area contributed by atoms with Gasteiger partial charge in [-0.15, -0.1) is 0 Å². The number of aromatic nitrogens is 2. The van der Waals surface area contributed by atoms with Crippen LogP contribution in [0.1, 0.15) is 29.5 Å². The van der Waals surface area contributed by atoms with Gasteiger partial charge in [0.05, 0.1) is 20.3 Å². The molecule has 1 saturated heterocycles. The van der Waals surface area contributed by atoms with Gasteiger partial charge in [0.25, 0.3) is 0 Å². The molecule has 0 amide bonds. The number of ether oxygens (including phenoxy) is 2. The molecular formula is C25H29F2N5O2. The number of likely N-dealkylation sites (tertiary alicyclic amines) is 1. The SMILES string of the molecule is COc1cc(OC)c(F)c(Cc2c[nH]c3ncc(C(C=NC4CCN(C)CC4)=CN)cc23)c1F. The van der Waals surface area contributed by atoms with Crippen molar-refractivity contribution in [3.63, 3.8) is 0 Å². The minimum Gasteiger partial charge on any atom is -0.494 e. The number of methoxy groups -OCH3 is 2. The van der Waals surface area contributed by atoms with E-state index in [0.29, 0.717) is 11.2 Å². The number of rotatable bonds is 7. The van der Waals surface area contributed by atoms with Gasteiger partial charge in [-0.3, -0.25) is 4.99 Å². The van der Waals surface area contributed by atoms with Gasteiger partial charge in [-0.05, 0) is 44.6 Å². The second-order valence-corrected chi connectivity index (χ2v) is 8.43. The van der Waals surface area contributed by atoms with Gasteiger partial charge < -0.3 is 25.1 Å². The predicted octanol–water partition coefficient (Wildman–Crippen LogP) is 3.91. The highest BCUT2D eigenvalue weighted by molar-refractivity contribution is 6.10. The summed E-state index contributed by atoms with van der Waals surface area (Å²) < 4.78 is 39.9. The van der Waals surface area contributed by atoms with E-state index in [1.165, 1.54) is 26.5 Å². The molecule has 3 aromatic rings. The summed E-state index contributed by atoms with van der Waals surface area (Å²) in [5.41, 5.74) is 8.57. The molecule has 0 spiro atoms. The first-order chi connectivity index (χ1) is 16.4. The number of aliphatic imine (C=N–C) groups is 1. The summed E-state index contributed by atoms with van der Waals surface area (Å²) in [7, 11) is 4.77. The Hall–Kier alpha value is -3.46. The molecule has 1 aliphatic rings. The van der Waals surface area contributed by atoms with E-state index < -0.39 is 11.6 Å². The second kappa shape index (κ2) is 10.2. The Kier molecular flexibility index (Phi) is 7.12. The third kappa shape index (κ3) is 4.75. The van der Waals surface area contributed by atoms with Crippen molar-refractivity contribution in [2.24, 2.45) is 10.7 Å². The first-order valence-electron chi connectivity index (χ1n) is 11.1. The maximum Gasteiger partial charge on any atom is 0.171 e. The smallest absolute Gasteiger partial charge is 0.171 e. The number of hydrogen-bond donors (Lipinski definition) is 2. The molecule has 34 heavy (non-hydrogen) atoms. The number of H-pyrrole nitrogens is 1. The van der Waals surface area contributed by atoms with E-state index in [-0.39, 0.29) is 29.5 Å². The van der Waals surface area contributed by atoms with Crippen LogP contribution in [0.15, 0.2) is 35.7 Å². The average molecular weight is 470 g/mol. The van der Waals surface area contributed by atoms with Crippen LogP contribution in [0.2, 0.25) is 0 Å². The molecule has 0 aliphatic carbocycles. The molecule has 1 aromatic carbocycles. The number of piperidine rings is 1. The zero-order valence-electron chi connectivity index (χ0n) is 19.6. The maximum absolute atomic E-state index is 14.9. The van der Waals surface area contributed by atoms with Crippen LogP contribution in [0.4, 0.5) is 8.78 Å². The van der Waals surface area contributed by atoms with Crippen molar-refractivity contribution >= 4 is 22.8 Å². The van der Waals surface area contributed by atoms with Gasteiger partial charge >= 0.3 is 0 Å². The van der Waals surface area contributed by atoms with E-state index in [1.54, 1.807) is 18.6 Å². The van der Waals surface area contributed by atoms with Crippen LogP contribution in [0.3, 0.4) is 0 Å². The number of pyridine rings is 1. The fraction of sp³-hybridized carbons (Fsp3) is 0.360. The molecule has 1 aliphatic heterocycles. The lowest BCUT2D eigenvalue weighted by atomic mass is 10.0. The van der Waals surface area contributed by atoms with Crippen LogP contribution in [0, 0.1) is 11.6 Å². The fourth-order valence-electron chi connectivity index (χ4n) is 4.19. The van der Waals surface area contributed by atoms with Crippen molar-refractivity contribution in [2.75, 3.05) is 34.4 Å². The van der Waals surface area contributed by atoms with Gasteiger partial charge in [0.2, 0.25) is 0 Å². The number of aromatic amines is 1. The van der Waals surface area contributed by atoms with Gasteiger partial charge in [-0.2, -0.15) is 0 Å². The average Bonchev–Trinajstić information content (AvgIpc) is 3.25. The normalized spacial score (nSPS) is 16.0. The third-order valence-corrected chi connectivity index (χ3v) is 6.27. The Morgan fingerprint density at radius 1 is 1.21 bits per heavy atom. The Morgan fingerprint density at radius 3 is 2.50 bits per heavy atom. The number of benzene rings is 1. The van der Waals surface area contributed by atoms with Gasteiger partial charge in [-0.1, -0.05) is 0 Å². The number of nitrogens with one attached hydrogen (secondary N) is 1. The van der Waals surface area contributed by atoms with Crippen molar-refractivity contribution in [3.8, 4) is 11.5 Å². The van der Waals surface area contributed by atoms with Crippen LogP contribution in [0.25, 0.3) is 16.6 Å². The Labute approximate surface area is 197 Å². The minimum absolute atomic E-state index is 0.0122. The van der Waals surface area contributed by atoms with Crippen LogP contribution in [-0.2, 0) is 6.42 Å². The molecule has 3 heterocycles. The number of halogens is 2. The molecular weight excluding hydrogens is 440 g/mol. The molecule has 1 fully saturated rings. The van der Waals surface area contributed by atoms with Gasteiger partial charge in [-0.25, -0.2) is 13.8 Å². The monoisotopic (exact) mass is 469 g/mol. The molecule has 7 nitrogen and oxygen atoms in total. The largest absolute Gasteiger partial charge is 0.494 e. The van der Waals surface area contributed by atoms with E-state index in [4.69, 9.17) is 20.2 Å².